The molecule has 118 valence electrons. The van der Waals surface area contributed by atoms with E-state index in [1.54, 1.807) is 24.3 Å². The van der Waals surface area contributed by atoms with Gasteiger partial charge in [0, 0.05) is 23.1 Å². The van der Waals surface area contributed by atoms with Gasteiger partial charge in [-0.25, -0.2) is 4.39 Å². The number of nitriles is 1. The van der Waals surface area contributed by atoms with E-state index in [0.29, 0.717) is 30.8 Å². The number of amides is 1. The second-order valence-electron chi connectivity index (χ2n) is 4.82. The third kappa shape index (κ3) is 4.80. The van der Waals surface area contributed by atoms with Crippen molar-refractivity contribution in [2.75, 3.05) is 18.4 Å². The van der Waals surface area contributed by atoms with Crippen molar-refractivity contribution in [1.29, 1.82) is 5.26 Å². The number of nitrogens with zero attached hydrogens (tertiary/aromatic N) is 1. The zero-order valence-electron chi connectivity index (χ0n) is 12.3. The average molecular weight is 376 g/mol. The summed E-state index contributed by atoms with van der Waals surface area (Å²) in [4.78, 5) is 11.9. The van der Waals surface area contributed by atoms with E-state index in [9.17, 15) is 9.18 Å². The number of hydrogen-bond acceptors (Lipinski definition) is 3. The minimum absolute atomic E-state index is 0.00592. The van der Waals surface area contributed by atoms with Crippen LogP contribution in [0.4, 0.5) is 10.1 Å². The van der Waals surface area contributed by atoms with Gasteiger partial charge < -0.3 is 10.6 Å². The molecule has 6 heteroatoms. The Bertz CT molecular complexity index is 726. The van der Waals surface area contributed by atoms with E-state index in [1.807, 2.05) is 18.2 Å². The van der Waals surface area contributed by atoms with Crippen LogP contribution in [0.1, 0.15) is 22.3 Å². The van der Waals surface area contributed by atoms with Crippen molar-refractivity contribution in [1.82, 2.24) is 5.32 Å². The molecule has 0 aliphatic rings. The summed E-state index contributed by atoms with van der Waals surface area (Å²) in [7, 11) is 0. The van der Waals surface area contributed by atoms with Gasteiger partial charge in [-0.15, -0.1) is 0 Å². The zero-order valence-corrected chi connectivity index (χ0v) is 13.9. The average Bonchev–Trinajstić information content (AvgIpc) is 2.55. The van der Waals surface area contributed by atoms with Crippen LogP contribution in [0.15, 0.2) is 46.9 Å². The van der Waals surface area contributed by atoms with Gasteiger partial charge in [0.2, 0.25) is 0 Å². The number of carbonyl (C=O) groups excluding carboxylic acids is 1. The predicted octanol–water partition coefficient (Wildman–Crippen LogP) is 3.69. The molecule has 23 heavy (non-hydrogen) atoms. The van der Waals surface area contributed by atoms with Crippen LogP contribution < -0.4 is 10.6 Å². The molecule has 2 rings (SSSR count). The molecule has 0 saturated carbocycles. The van der Waals surface area contributed by atoms with E-state index >= 15 is 0 Å². The largest absolute Gasteiger partial charge is 0.384 e. The molecule has 0 bridgehead atoms. The Labute approximate surface area is 142 Å². The van der Waals surface area contributed by atoms with Crippen LogP contribution in [0, 0.1) is 17.1 Å². The van der Waals surface area contributed by atoms with Gasteiger partial charge in [-0.05, 0) is 42.8 Å². The molecule has 1 amide bonds. The molecule has 2 N–H and O–H groups in total. The molecule has 0 fully saturated rings. The Kier molecular flexibility index (Phi) is 6.12. The van der Waals surface area contributed by atoms with E-state index < -0.39 is 5.82 Å². The first kappa shape index (κ1) is 17.0. The van der Waals surface area contributed by atoms with Crippen molar-refractivity contribution >= 4 is 27.5 Å². The molecule has 0 unspecified atom stereocenters. The lowest BCUT2D eigenvalue weighted by atomic mass is 10.2. The second kappa shape index (κ2) is 8.30. The molecule has 2 aromatic rings. The third-order valence-corrected chi connectivity index (χ3v) is 3.72. The van der Waals surface area contributed by atoms with Crippen molar-refractivity contribution in [2.24, 2.45) is 0 Å². The number of halogens is 2. The predicted molar refractivity (Wildman–Crippen MR) is 90.7 cm³/mol. The molecule has 2 aromatic carbocycles. The summed E-state index contributed by atoms with van der Waals surface area (Å²) in [5, 5.41) is 14.7. The van der Waals surface area contributed by atoms with Crippen molar-refractivity contribution in [2.45, 2.75) is 6.42 Å². The van der Waals surface area contributed by atoms with Crippen molar-refractivity contribution in [3.63, 3.8) is 0 Å². The molecule has 0 radical (unpaired) electrons. The van der Waals surface area contributed by atoms with E-state index in [-0.39, 0.29) is 11.5 Å². The maximum atomic E-state index is 13.4. The van der Waals surface area contributed by atoms with E-state index in [1.165, 1.54) is 6.07 Å². The van der Waals surface area contributed by atoms with Gasteiger partial charge in [0.1, 0.15) is 17.4 Å². The summed E-state index contributed by atoms with van der Waals surface area (Å²) in [6, 6.07) is 13.4. The van der Waals surface area contributed by atoms with Crippen molar-refractivity contribution < 1.29 is 9.18 Å². The highest BCUT2D eigenvalue weighted by Gasteiger charge is 2.07. The maximum absolute atomic E-state index is 13.4. The van der Waals surface area contributed by atoms with Gasteiger partial charge in [0.05, 0.1) is 5.69 Å². The Morgan fingerprint density at radius 1 is 1.17 bits per heavy atom. The molecular weight excluding hydrogens is 361 g/mol. The molecule has 0 spiro atoms. The van der Waals surface area contributed by atoms with Crippen molar-refractivity contribution in [3.8, 4) is 6.07 Å². The number of benzene rings is 2. The molecule has 0 saturated heterocycles. The molecule has 0 aliphatic carbocycles. The van der Waals surface area contributed by atoms with Crippen LogP contribution in [-0.4, -0.2) is 19.0 Å². The van der Waals surface area contributed by atoms with Gasteiger partial charge in [-0.3, -0.25) is 4.79 Å². The lowest BCUT2D eigenvalue weighted by molar-refractivity contribution is 0.0953. The van der Waals surface area contributed by atoms with Crippen LogP contribution in [0.2, 0.25) is 0 Å². The number of nitrogens with one attached hydrogen (secondary N) is 2. The van der Waals surface area contributed by atoms with Gasteiger partial charge in [0.25, 0.3) is 5.91 Å². The van der Waals surface area contributed by atoms with Crippen LogP contribution >= 0.6 is 15.9 Å². The van der Waals surface area contributed by atoms with Crippen LogP contribution in [0.3, 0.4) is 0 Å². The Hall–Kier alpha value is -2.39. The summed E-state index contributed by atoms with van der Waals surface area (Å²) in [6.07, 6.45) is 0.656. The summed E-state index contributed by atoms with van der Waals surface area (Å²) < 4.78 is 14.3. The van der Waals surface area contributed by atoms with Crippen molar-refractivity contribution in [3.05, 3.63) is 63.9 Å². The molecule has 0 aromatic heterocycles. The molecular formula is C17H15BrFN3O. The number of rotatable bonds is 6. The molecule has 0 heterocycles. The zero-order chi connectivity index (χ0) is 16.7. The van der Waals surface area contributed by atoms with E-state index in [4.69, 9.17) is 5.26 Å². The first-order valence-corrected chi connectivity index (χ1v) is 7.87. The SMILES string of the molecule is N#Cc1c(F)cccc1NCCCNC(=O)c1ccc(Br)cc1. The standard InChI is InChI=1S/C17H15BrFN3O/c18-13-7-5-12(6-8-13)17(23)22-10-2-9-21-16-4-1-3-15(19)14(16)11-20/h1,3-8,21H,2,9-10H2,(H,22,23). The highest BCUT2D eigenvalue weighted by molar-refractivity contribution is 9.10. The fourth-order valence-corrected chi connectivity index (χ4v) is 2.27. The number of carbonyl (C=O) groups is 1. The number of anilines is 1. The van der Waals surface area contributed by atoms with Gasteiger partial charge in [-0.2, -0.15) is 5.26 Å². The molecule has 0 atom stereocenters. The fraction of sp³-hybridized carbons (Fsp3) is 0.176. The minimum Gasteiger partial charge on any atom is -0.384 e. The maximum Gasteiger partial charge on any atom is 0.251 e. The van der Waals surface area contributed by atoms with Crippen LogP contribution in [0.25, 0.3) is 0 Å². The second-order valence-corrected chi connectivity index (χ2v) is 5.73. The van der Waals surface area contributed by atoms with Gasteiger partial charge in [-0.1, -0.05) is 22.0 Å². The lowest BCUT2D eigenvalue weighted by Crippen LogP contribution is -2.25. The smallest absolute Gasteiger partial charge is 0.251 e. The Balaban J connectivity index is 1.76. The summed E-state index contributed by atoms with van der Waals surface area (Å²) in [6.45, 7) is 1.01. The molecule has 0 aliphatic heterocycles. The summed E-state index contributed by atoms with van der Waals surface area (Å²) in [5.41, 5.74) is 1.07. The highest BCUT2D eigenvalue weighted by atomic mass is 79.9. The lowest BCUT2D eigenvalue weighted by Gasteiger charge is -2.09. The van der Waals surface area contributed by atoms with Crippen LogP contribution in [-0.2, 0) is 0 Å². The highest BCUT2D eigenvalue weighted by Crippen LogP contribution is 2.17. The third-order valence-electron chi connectivity index (χ3n) is 3.19. The van der Waals surface area contributed by atoms with Gasteiger partial charge >= 0.3 is 0 Å². The number of hydrogen-bond donors (Lipinski definition) is 2. The Morgan fingerprint density at radius 3 is 2.61 bits per heavy atom. The first-order valence-electron chi connectivity index (χ1n) is 7.08. The van der Waals surface area contributed by atoms with E-state index in [2.05, 4.69) is 26.6 Å². The summed E-state index contributed by atoms with van der Waals surface area (Å²) >= 11 is 3.32. The first-order chi connectivity index (χ1) is 11.1. The summed E-state index contributed by atoms with van der Waals surface area (Å²) in [5.74, 6) is -0.679. The quantitative estimate of drug-likeness (QED) is 0.756. The fourth-order valence-electron chi connectivity index (χ4n) is 2.00. The van der Waals surface area contributed by atoms with E-state index in [0.717, 1.165) is 4.47 Å². The van der Waals surface area contributed by atoms with Crippen LogP contribution in [0.5, 0.6) is 0 Å². The van der Waals surface area contributed by atoms with Gasteiger partial charge in [0.15, 0.2) is 0 Å². The molecule has 4 nitrogen and oxygen atoms in total. The minimum atomic E-state index is -0.541. The topological polar surface area (TPSA) is 64.9 Å². The monoisotopic (exact) mass is 375 g/mol. The Morgan fingerprint density at radius 2 is 1.91 bits per heavy atom. The normalized spacial score (nSPS) is 9.96.